The Labute approximate surface area is 121 Å². The van der Waals surface area contributed by atoms with Crippen molar-refractivity contribution in [2.75, 3.05) is 0 Å². The van der Waals surface area contributed by atoms with Gasteiger partial charge in [0.1, 0.15) is 23.3 Å². The molecule has 0 aliphatic carbocycles. The number of hydrogen-bond acceptors (Lipinski definition) is 2. The van der Waals surface area contributed by atoms with Gasteiger partial charge in [0.05, 0.1) is 5.56 Å². The third-order valence-corrected chi connectivity index (χ3v) is 3.18. The van der Waals surface area contributed by atoms with Crippen molar-refractivity contribution in [3.63, 3.8) is 0 Å². The zero-order valence-electron chi connectivity index (χ0n) is 9.72. The molecule has 2 aromatic rings. The Hall–Kier alpha value is -1.75. The van der Waals surface area contributed by atoms with E-state index >= 15 is 0 Å². The fourth-order valence-corrected chi connectivity index (χ4v) is 2.34. The largest absolute Gasteiger partial charge is 0.325 e. The van der Waals surface area contributed by atoms with E-state index in [1.54, 1.807) is 35.6 Å². The van der Waals surface area contributed by atoms with Crippen LogP contribution in [0.2, 0.25) is 0 Å². The second-order valence-electron chi connectivity index (χ2n) is 3.93. The third-order valence-electron chi connectivity index (χ3n) is 2.56. The highest BCUT2D eigenvalue weighted by Gasteiger charge is 2.18. The molecular formula is C13H7F2IN2O. The maximum atomic E-state index is 13.9. The molecule has 0 spiro atoms. The number of H-pyrrole nitrogens is 1. The summed E-state index contributed by atoms with van der Waals surface area (Å²) in [6.07, 6.45) is 0. The van der Waals surface area contributed by atoms with Crippen molar-refractivity contribution < 1.29 is 8.78 Å². The molecule has 0 aliphatic rings. The first-order valence-corrected chi connectivity index (χ1v) is 6.31. The Morgan fingerprint density at radius 1 is 1.26 bits per heavy atom. The summed E-state index contributed by atoms with van der Waals surface area (Å²) in [6, 6.07) is 5.36. The molecule has 0 radical (unpaired) electrons. The Kier molecular flexibility index (Phi) is 3.66. The molecule has 0 atom stereocenters. The molecule has 0 amide bonds. The lowest BCUT2D eigenvalue weighted by atomic mass is 10.00. The second kappa shape index (κ2) is 5.09. The van der Waals surface area contributed by atoms with Gasteiger partial charge in [-0.3, -0.25) is 4.79 Å². The zero-order chi connectivity index (χ0) is 14.2. The predicted molar refractivity (Wildman–Crippen MR) is 74.6 cm³/mol. The van der Waals surface area contributed by atoms with Crippen LogP contribution in [-0.2, 0) is 0 Å². The Balaban J connectivity index is 2.88. The number of hydrogen-bond donors (Lipinski definition) is 1. The molecule has 1 heterocycles. The van der Waals surface area contributed by atoms with Gasteiger partial charge in [-0.25, -0.2) is 8.78 Å². The first kappa shape index (κ1) is 13.7. The van der Waals surface area contributed by atoms with E-state index in [-0.39, 0.29) is 16.7 Å². The van der Waals surface area contributed by atoms with Crippen LogP contribution in [0.15, 0.2) is 23.0 Å². The van der Waals surface area contributed by atoms with Crippen LogP contribution < -0.4 is 5.56 Å². The smallest absolute Gasteiger partial charge is 0.266 e. The first-order chi connectivity index (χ1) is 8.93. The van der Waals surface area contributed by atoms with Crippen LogP contribution in [0, 0.1) is 33.5 Å². The Morgan fingerprint density at radius 3 is 2.37 bits per heavy atom. The lowest BCUT2D eigenvalue weighted by molar-refractivity contribution is 0.588. The van der Waals surface area contributed by atoms with Crippen LogP contribution in [0.25, 0.3) is 11.1 Å². The highest BCUT2D eigenvalue weighted by Crippen LogP contribution is 2.29. The van der Waals surface area contributed by atoms with Crippen LogP contribution in [-0.4, -0.2) is 4.98 Å². The van der Waals surface area contributed by atoms with E-state index in [0.29, 0.717) is 9.26 Å². The third kappa shape index (κ3) is 2.51. The molecule has 6 heteroatoms. The van der Waals surface area contributed by atoms with Gasteiger partial charge in [0.2, 0.25) is 0 Å². The molecule has 0 bridgehead atoms. The maximum Gasteiger partial charge on any atom is 0.266 e. The number of halogens is 3. The average Bonchev–Trinajstić information content (AvgIpc) is 2.26. The number of rotatable bonds is 1. The van der Waals surface area contributed by atoms with Crippen LogP contribution in [0.3, 0.4) is 0 Å². The Bertz CT molecular complexity index is 739. The molecule has 0 saturated heterocycles. The second-order valence-corrected chi connectivity index (χ2v) is 5.17. The van der Waals surface area contributed by atoms with Gasteiger partial charge in [-0.15, -0.1) is 0 Å². The summed E-state index contributed by atoms with van der Waals surface area (Å²) in [5, 5.41) is 8.97. The summed E-state index contributed by atoms with van der Waals surface area (Å²) in [6.45, 7) is 1.58. The minimum absolute atomic E-state index is 0.0323. The highest BCUT2D eigenvalue weighted by molar-refractivity contribution is 14.1. The van der Waals surface area contributed by atoms with Gasteiger partial charge in [0.25, 0.3) is 5.56 Å². The number of nitrogens with one attached hydrogen (secondary N) is 1. The van der Waals surface area contributed by atoms with Crippen molar-refractivity contribution in [3.05, 3.63) is 55.0 Å². The topological polar surface area (TPSA) is 56.6 Å². The van der Waals surface area contributed by atoms with E-state index in [0.717, 1.165) is 12.1 Å². The summed E-state index contributed by atoms with van der Waals surface area (Å²) in [5.41, 5.74) is -0.919. The predicted octanol–water partition coefficient (Wildman–Crippen LogP) is 3.10. The molecule has 0 aliphatic heterocycles. The molecule has 2 rings (SSSR count). The summed E-state index contributed by atoms with van der Waals surface area (Å²) in [7, 11) is 0. The van der Waals surface area contributed by atoms with Gasteiger partial charge in [-0.05, 0) is 47.7 Å². The zero-order valence-corrected chi connectivity index (χ0v) is 11.9. The number of benzene rings is 1. The van der Waals surface area contributed by atoms with E-state index in [2.05, 4.69) is 4.98 Å². The number of aromatic amines is 1. The van der Waals surface area contributed by atoms with Gasteiger partial charge < -0.3 is 4.98 Å². The van der Waals surface area contributed by atoms with Gasteiger partial charge in [0.15, 0.2) is 0 Å². The van der Waals surface area contributed by atoms with Gasteiger partial charge in [-0.1, -0.05) is 0 Å². The molecule has 0 saturated carbocycles. The van der Waals surface area contributed by atoms with Crippen LogP contribution in [0.1, 0.15) is 11.3 Å². The molecular weight excluding hydrogens is 365 g/mol. The molecule has 96 valence electrons. The number of nitrogens with zero attached hydrogens (tertiary/aromatic N) is 1. The van der Waals surface area contributed by atoms with E-state index in [1.165, 1.54) is 6.07 Å². The maximum absolute atomic E-state index is 13.9. The average molecular weight is 372 g/mol. The molecule has 1 aromatic heterocycles. The van der Waals surface area contributed by atoms with Crippen molar-refractivity contribution >= 4 is 22.6 Å². The van der Waals surface area contributed by atoms with Crippen LogP contribution in [0.4, 0.5) is 8.78 Å². The minimum atomic E-state index is -0.800. The standard InChI is InChI=1S/C13H7F2IN2O/c1-6-2-8(9(5-17)13(19)18-6)12-10(14)3-7(16)4-11(12)15/h2-4H,1H3,(H,18,19). The highest BCUT2D eigenvalue weighted by atomic mass is 127. The van der Waals surface area contributed by atoms with Gasteiger partial charge in [0, 0.05) is 14.8 Å². The number of aromatic nitrogens is 1. The van der Waals surface area contributed by atoms with E-state index in [9.17, 15) is 13.6 Å². The van der Waals surface area contributed by atoms with E-state index in [4.69, 9.17) is 5.26 Å². The van der Waals surface area contributed by atoms with E-state index in [1.807, 2.05) is 0 Å². The van der Waals surface area contributed by atoms with Crippen molar-refractivity contribution in [2.24, 2.45) is 0 Å². The number of aryl methyl sites for hydroxylation is 1. The molecule has 1 N–H and O–H groups in total. The summed E-state index contributed by atoms with van der Waals surface area (Å²) < 4.78 is 28.2. The van der Waals surface area contributed by atoms with Crippen molar-refractivity contribution in [2.45, 2.75) is 6.92 Å². The van der Waals surface area contributed by atoms with Crippen molar-refractivity contribution in [3.8, 4) is 17.2 Å². The van der Waals surface area contributed by atoms with Crippen LogP contribution in [0.5, 0.6) is 0 Å². The fourth-order valence-electron chi connectivity index (χ4n) is 1.80. The fraction of sp³-hybridized carbons (Fsp3) is 0.0769. The quantitative estimate of drug-likeness (QED) is 0.783. The molecule has 3 nitrogen and oxygen atoms in total. The summed E-state index contributed by atoms with van der Waals surface area (Å²) >= 11 is 1.79. The van der Waals surface area contributed by atoms with Crippen molar-refractivity contribution in [1.82, 2.24) is 4.98 Å². The first-order valence-electron chi connectivity index (χ1n) is 5.23. The molecule has 0 unspecified atom stereocenters. The van der Waals surface area contributed by atoms with E-state index < -0.39 is 17.2 Å². The Morgan fingerprint density at radius 2 is 1.84 bits per heavy atom. The SMILES string of the molecule is Cc1cc(-c2c(F)cc(I)cc2F)c(C#N)c(=O)[nH]1. The monoisotopic (exact) mass is 372 g/mol. The molecule has 1 aromatic carbocycles. The number of pyridine rings is 1. The normalized spacial score (nSPS) is 10.3. The minimum Gasteiger partial charge on any atom is -0.325 e. The molecule has 19 heavy (non-hydrogen) atoms. The van der Waals surface area contributed by atoms with Crippen LogP contribution >= 0.6 is 22.6 Å². The summed E-state index contributed by atoms with van der Waals surface area (Å²) in [4.78, 5) is 14.1. The summed E-state index contributed by atoms with van der Waals surface area (Å²) in [5.74, 6) is -1.60. The van der Waals surface area contributed by atoms with Crippen molar-refractivity contribution in [1.29, 1.82) is 5.26 Å². The molecule has 0 fully saturated rings. The lowest BCUT2D eigenvalue weighted by Crippen LogP contribution is -2.13. The van der Waals surface area contributed by atoms with Gasteiger partial charge >= 0.3 is 0 Å². The lowest BCUT2D eigenvalue weighted by Gasteiger charge is -2.08. The number of nitriles is 1. The van der Waals surface area contributed by atoms with Gasteiger partial charge in [-0.2, -0.15) is 5.26 Å².